The summed E-state index contributed by atoms with van der Waals surface area (Å²) in [5, 5.41) is 0. The fourth-order valence-electron chi connectivity index (χ4n) is 0.763. The second-order valence-corrected chi connectivity index (χ2v) is 13.5. The SMILES string of the molecule is CCCS(=O)CCC[Si](Cl)(Cl)Cl. The van der Waals surface area contributed by atoms with Crippen molar-refractivity contribution in [2.75, 3.05) is 11.5 Å². The first-order valence-electron chi connectivity index (χ1n) is 3.87. The lowest BCUT2D eigenvalue weighted by atomic mass is 10.6. The van der Waals surface area contributed by atoms with Gasteiger partial charge in [-0.3, -0.25) is 4.21 Å². The number of halogens is 3. The van der Waals surface area contributed by atoms with Crippen LogP contribution in [0.15, 0.2) is 0 Å². The van der Waals surface area contributed by atoms with Crippen LogP contribution in [0.25, 0.3) is 0 Å². The highest BCUT2D eigenvalue weighted by Gasteiger charge is 2.23. The van der Waals surface area contributed by atoms with Crippen LogP contribution in [0.4, 0.5) is 0 Å². The summed E-state index contributed by atoms with van der Waals surface area (Å²) in [5.74, 6) is 1.44. The third-order valence-corrected chi connectivity index (χ3v) is 5.49. The highest BCUT2D eigenvalue weighted by molar-refractivity contribution is 7.84. The lowest BCUT2D eigenvalue weighted by molar-refractivity contribution is 0.680. The maximum atomic E-state index is 11.1. The van der Waals surface area contributed by atoms with Crippen molar-refractivity contribution in [3.63, 3.8) is 0 Å². The molecule has 0 aliphatic rings. The summed E-state index contributed by atoms with van der Waals surface area (Å²) in [6, 6.07) is -1.85. The lowest BCUT2D eigenvalue weighted by Crippen LogP contribution is -2.11. The highest BCUT2D eigenvalue weighted by atomic mass is 35.8. The Hall–Kier alpha value is 1.24. The summed E-state index contributed by atoms with van der Waals surface area (Å²) in [4.78, 5) is 0. The molecule has 1 nitrogen and oxygen atoms in total. The van der Waals surface area contributed by atoms with Gasteiger partial charge in [0.25, 0.3) is 0 Å². The van der Waals surface area contributed by atoms with Gasteiger partial charge < -0.3 is 0 Å². The van der Waals surface area contributed by atoms with Crippen molar-refractivity contribution in [1.82, 2.24) is 0 Å². The average molecular weight is 268 g/mol. The van der Waals surface area contributed by atoms with Crippen LogP contribution in [-0.4, -0.2) is 21.7 Å². The summed E-state index contributed by atoms with van der Waals surface area (Å²) < 4.78 is 11.1. The quantitative estimate of drug-likeness (QED) is 0.534. The smallest absolute Gasteiger partial charge is 0.260 e. The molecule has 0 aromatic carbocycles. The van der Waals surface area contributed by atoms with Gasteiger partial charge in [0.05, 0.1) is 0 Å². The summed E-state index contributed by atoms with van der Waals surface area (Å²) in [6.07, 6.45) is 1.73. The van der Waals surface area contributed by atoms with Gasteiger partial charge in [0.1, 0.15) is 0 Å². The monoisotopic (exact) mass is 266 g/mol. The molecule has 0 saturated heterocycles. The van der Waals surface area contributed by atoms with Crippen molar-refractivity contribution in [3.8, 4) is 0 Å². The predicted molar refractivity (Wildman–Crippen MR) is 60.9 cm³/mol. The van der Waals surface area contributed by atoms with Gasteiger partial charge >= 0.3 is 6.00 Å². The Bertz CT molecular complexity index is 148. The van der Waals surface area contributed by atoms with Crippen LogP contribution in [0.1, 0.15) is 19.8 Å². The Morgan fingerprint density at radius 3 is 2.25 bits per heavy atom. The number of hydrogen-bond donors (Lipinski definition) is 0. The maximum Gasteiger partial charge on any atom is 0.341 e. The molecule has 0 rings (SSSR count). The molecule has 1 atom stereocenters. The van der Waals surface area contributed by atoms with Crippen molar-refractivity contribution < 1.29 is 4.21 Å². The van der Waals surface area contributed by atoms with E-state index in [1.165, 1.54) is 0 Å². The van der Waals surface area contributed by atoms with Gasteiger partial charge in [-0.05, 0) is 18.9 Å². The second-order valence-electron chi connectivity index (χ2n) is 2.57. The molecule has 0 aliphatic carbocycles. The molecule has 0 heterocycles. The Kier molecular flexibility index (Phi) is 7.34. The first kappa shape index (κ1) is 13.2. The van der Waals surface area contributed by atoms with Gasteiger partial charge in [0.15, 0.2) is 0 Å². The van der Waals surface area contributed by atoms with Crippen LogP contribution in [0.2, 0.25) is 6.04 Å². The first-order valence-corrected chi connectivity index (χ1v) is 10.6. The molecule has 0 aromatic heterocycles. The van der Waals surface area contributed by atoms with E-state index >= 15 is 0 Å². The molecule has 6 heteroatoms. The third-order valence-electron chi connectivity index (χ3n) is 1.26. The first-order chi connectivity index (χ1) is 5.45. The minimum atomic E-state index is -2.46. The summed E-state index contributed by atoms with van der Waals surface area (Å²) in [7, 11) is -0.708. The van der Waals surface area contributed by atoms with E-state index in [9.17, 15) is 4.21 Å². The van der Waals surface area contributed by atoms with E-state index in [4.69, 9.17) is 33.2 Å². The lowest BCUT2D eigenvalue weighted by Gasteiger charge is -2.06. The highest BCUT2D eigenvalue weighted by Crippen LogP contribution is 2.26. The largest absolute Gasteiger partial charge is 0.341 e. The van der Waals surface area contributed by atoms with Crippen molar-refractivity contribution >= 4 is 50.0 Å². The normalized spacial score (nSPS) is 14.7. The van der Waals surface area contributed by atoms with E-state index in [1.54, 1.807) is 0 Å². The van der Waals surface area contributed by atoms with E-state index in [0.29, 0.717) is 11.8 Å². The van der Waals surface area contributed by atoms with Crippen LogP contribution < -0.4 is 0 Å². The van der Waals surface area contributed by atoms with E-state index < -0.39 is 16.8 Å². The Balaban J connectivity index is 3.37. The minimum Gasteiger partial charge on any atom is -0.260 e. The van der Waals surface area contributed by atoms with Crippen molar-refractivity contribution in [2.45, 2.75) is 25.8 Å². The molecule has 0 aromatic rings. The molecule has 0 aliphatic heterocycles. The molecule has 74 valence electrons. The molecule has 0 spiro atoms. The summed E-state index contributed by atoms with van der Waals surface area (Å²) in [5.41, 5.74) is 0. The molecule has 1 unspecified atom stereocenters. The van der Waals surface area contributed by atoms with Crippen molar-refractivity contribution in [1.29, 1.82) is 0 Å². The van der Waals surface area contributed by atoms with Gasteiger partial charge in [-0.25, -0.2) is 0 Å². The summed E-state index contributed by atoms with van der Waals surface area (Å²) >= 11 is 17.0. The fraction of sp³-hybridized carbons (Fsp3) is 1.00. The molecule has 0 N–H and O–H groups in total. The summed E-state index contributed by atoms with van der Waals surface area (Å²) in [6.45, 7) is 2.02. The number of hydrogen-bond acceptors (Lipinski definition) is 1. The topological polar surface area (TPSA) is 17.1 Å². The van der Waals surface area contributed by atoms with Gasteiger partial charge in [0.2, 0.25) is 0 Å². The Labute approximate surface area is 91.3 Å². The standard InChI is InChI=1S/C6H13Cl3OSSi/c1-2-4-11(10)5-3-6-12(7,8)9/h2-6H2,1H3. The van der Waals surface area contributed by atoms with E-state index in [1.807, 2.05) is 6.92 Å². The second kappa shape index (κ2) is 6.66. The van der Waals surface area contributed by atoms with Crippen LogP contribution in [-0.2, 0) is 10.8 Å². The Morgan fingerprint density at radius 1 is 1.25 bits per heavy atom. The molecular formula is C6H13Cl3OSSi. The fourth-order valence-corrected chi connectivity index (χ4v) is 3.93. The Morgan fingerprint density at radius 2 is 1.83 bits per heavy atom. The van der Waals surface area contributed by atoms with Crippen LogP contribution in [0.3, 0.4) is 0 Å². The van der Waals surface area contributed by atoms with Crippen LogP contribution in [0, 0.1) is 0 Å². The molecule has 0 radical (unpaired) electrons. The minimum absolute atomic E-state index is 0.618. The van der Waals surface area contributed by atoms with E-state index in [2.05, 4.69) is 0 Å². The molecule has 0 saturated carbocycles. The molecular weight excluding hydrogens is 255 g/mol. The van der Waals surface area contributed by atoms with Gasteiger partial charge in [-0.1, -0.05) is 6.92 Å². The zero-order valence-corrected chi connectivity index (χ0v) is 11.1. The van der Waals surface area contributed by atoms with Gasteiger partial charge in [-0.2, -0.15) is 0 Å². The van der Waals surface area contributed by atoms with Crippen molar-refractivity contribution in [2.24, 2.45) is 0 Å². The van der Waals surface area contributed by atoms with E-state index in [-0.39, 0.29) is 0 Å². The van der Waals surface area contributed by atoms with Crippen LogP contribution >= 0.6 is 33.2 Å². The van der Waals surface area contributed by atoms with Gasteiger partial charge in [0, 0.05) is 22.3 Å². The maximum absolute atomic E-state index is 11.1. The molecule has 0 amide bonds. The van der Waals surface area contributed by atoms with Crippen LogP contribution in [0.5, 0.6) is 0 Å². The third kappa shape index (κ3) is 9.33. The zero-order valence-electron chi connectivity index (χ0n) is 6.99. The molecule has 0 bridgehead atoms. The zero-order chi connectivity index (χ0) is 9.61. The predicted octanol–water partition coefficient (Wildman–Crippen LogP) is 3.19. The van der Waals surface area contributed by atoms with Crippen molar-refractivity contribution in [3.05, 3.63) is 0 Å². The van der Waals surface area contributed by atoms with E-state index in [0.717, 1.165) is 18.6 Å². The molecule has 12 heavy (non-hydrogen) atoms. The molecule has 0 fully saturated rings. The number of rotatable bonds is 6. The average Bonchev–Trinajstić information content (AvgIpc) is 1.84. The van der Waals surface area contributed by atoms with Gasteiger partial charge in [-0.15, -0.1) is 33.2 Å².